The quantitative estimate of drug-likeness (QED) is 0.577. The molecule has 0 bridgehead atoms. The van der Waals surface area contributed by atoms with E-state index in [-0.39, 0.29) is 0 Å². The number of ether oxygens (including phenoxy) is 1. The molecule has 30 heavy (non-hydrogen) atoms. The fraction of sp³-hybridized carbons (Fsp3) is 0.333. The predicted octanol–water partition coefficient (Wildman–Crippen LogP) is 4.52. The topological polar surface area (TPSA) is 84.4 Å². The first-order chi connectivity index (χ1) is 14.6. The Morgan fingerprint density at radius 1 is 1.00 bits per heavy atom. The van der Waals surface area contributed by atoms with E-state index in [1.165, 1.54) is 11.3 Å². The van der Waals surface area contributed by atoms with Crippen LogP contribution in [0, 0.1) is 0 Å². The summed E-state index contributed by atoms with van der Waals surface area (Å²) < 4.78 is 32.6. The number of piperidine rings is 1. The first-order valence-electron chi connectivity index (χ1n) is 10.0. The lowest BCUT2D eigenvalue weighted by Gasteiger charge is -2.25. The van der Waals surface area contributed by atoms with Crippen LogP contribution in [0.2, 0.25) is 0 Å². The average molecular weight is 445 g/mol. The molecule has 1 aliphatic rings. The van der Waals surface area contributed by atoms with E-state index in [1.807, 2.05) is 31.2 Å². The highest BCUT2D eigenvalue weighted by atomic mass is 32.2. The highest BCUT2D eigenvalue weighted by Gasteiger charge is 2.25. The number of nitrogens with one attached hydrogen (secondary N) is 1. The van der Waals surface area contributed by atoms with Crippen molar-refractivity contribution < 1.29 is 13.2 Å². The summed E-state index contributed by atoms with van der Waals surface area (Å²) in [6.07, 6.45) is 2.94. The molecular weight excluding hydrogens is 420 g/mol. The van der Waals surface area contributed by atoms with Crippen LogP contribution in [-0.4, -0.2) is 42.6 Å². The number of benzene rings is 2. The van der Waals surface area contributed by atoms with Gasteiger partial charge in [0.15, 0.2) is 0 Å². The summed E-state index contributed by atoms with van der Waals surface area (Å²) in [7, 11) is -3.42. The van der Waals surface area contributed by atoms with Crippen molar-refractivity contribution in [2.24, 2.45) is 0 Å². The third kappa shape index (κ3) is 4.63. The Labute approximate surface area is 180 Å². The zero-order valence-corrected chi connectivity index (χ0v) is 18.4. The van der Waals surface area contributed by atoms with Gasteiger partial charge in [0.05, 0.1) is 11.5 Å². The third-order valence-electron chi connectivity index (χ3n) is 4.90. The van der Waals surface area contributed by atoms with Gasteiger partial charge in [0, 0.05) is 24.3 Å². The number of sulfonamides is 1. The maximum absolute atomic E-state index is 12.8. The lowest BCUT2D eigenvalue weighted by molar-refractivity contribution is 0.340. The Balaban J connectivity index is 1.44. The van der Waals surface area contributed by atoms with Gasteiger partial charge in [-0.25, -0.2) is 8.42 Å². The first kappa shape index (κ1) is 20.8. The van der Waals surface area contributed by atoms with Crippen LogP contribution in [0.1, 0.15) is 26.2 Å². The maximum atomic E-state index is 12.8. The van der Waals surface area contributed by atoms with E-state index in [9.17, 15) is 8.42 Å². The summed E-state index contributed by atoms with van der Waals surface area (Å²) in [5.74, 6) is 0.823. The molecule has 1 aromatic heterocycles. The molecule has 7 nitrogen and oxygen atoms in total. The van der Waals surface area contributed by atoms with Gasteiger partial charge in [0.2, 0.25) is 15.2 Å². The molecule has 0 unspecified atom stereocenters. The van der Waals surface area contributed by atoms with Crippen molar-refractivity contribution in [2.75, 3.05) is 25.0 Å². The van der Waals surface area contributed by atoms with Crippen molar-refractivity contribution in [1.82, 2.24) is 14.5 Å². The largest absolute Gasteiger partial charge is 0.494 e. The second-order valence-electron chi connectivity index (χ2n) is 6.98. The minimum absolute atomic E-state index is 0.322. The normalized spacial score (nSPS) is 15.1. The summed E-state index contributed by atoms with van der Waals surface area (Å²) in [6, 6.07) is 14.5. The molecule has 2 heterocycles. The van der Waals surface area contributed by atoms with Crippen LogP contribution < -0.4 is 10.1 Å². The van der Waals surface area contributed by atoms with Crippen molar-refractivity contribution in [3.8, 4) is 16.3 Å². The molecule has 1 saturated heterocycles. The fourth-order valence-corrected chi connectivity index (χ4v) is 5.63. The van der Waals surface area contributed by atoms with Gasteiger partial charge in [0.1, 0.15) is 10.8 Å². The molecule has 0 amide bonds. The lowest BCUT2D eigenvalue weighted by atomic mass is 10.2. The second kappa shape index (κ2) is 9.11. The summed E-state index contributed by atoms with van der Waals surface area (Å²) in [4.78, 5) is 0.322. The van der Waals surface area contributed by atoms with Gasteiger partial charge in [-0.1, -0.05) is 17.8 Å². The number of nitrogens with zero attached hydrogens (tertiary/aromatic N) is 3. The molecule has 4 rings (SSSR count). The summed E-state index contributed by atoms with van der Waals surface area (Å²) in [5.41, 5.74) is 1.73. The summed E-state index contributed by atoms with van der Waals surface area (Å²) >= 11 is 1.43. The van der Waals surface area contributed by atoms with Crippen LogP contribution in [0.25, 0.3) is 10.6 Å². The van der Waals surface area contributed by atoms with E-state index in [0.717, 1.165) is 41.3 Å². The minimum Gasteiger partial charge on any atom is -0.494 e. The fourth-order valence-electron chi connectivity index (χ4n) is 3.34. The van der Waals surface area contributed by atoms with E-state index in [0.29, 0.717) is 29.7 Å². The van der Waals surface area contributed by atoms with Crippen LogP contribution in [0.5, 0.6) is 5.75 Å². The zero-order chi connectivity index (χ0) is 21.0. The molecule has 0 spiro atoms. The monoisotopic (exact) mass is 444 g/mol. The highest BCUT2D eigenvalue weighted by molar-refractivity contribution is 7.89. The summed E-state index contributed by atoms with van der Waals surface area (Å²) in [6.45, 7) is 3.78. The van der Waals surface area contributed by atoms with Gasteiger partial charge in [-0.3, -0.25) is 0 Å². The Hall–Kier alpha value is -2.49. The molecule has 9 heteroatoms. The van der Waals surface area contributed by atoms with Crippen LogP contribution in [0.3, 0.4) is 0 Å². The third-order valence-corrected chi connectivity index (χ3v) is 7.70. The smallest absolute Gasteiger partial charge is 0.243 e. The van der Waals surface area contributed by atoms with E-state index >= 15 is 0 Å². The first-order valence-corrected chi connectivity index (χ1v) is 12.3. The standard InChI is InChI=1S/C21H24N4O3S2/c1-2-28-18-10-6-16(7-11-18)20-23-24-21(29-20)22-17-8-12-19(13-9-17)30(26,27)25-14-4-3-5-15-25/h6-13H,2-5,14-15H2,1H3,(H,22,24). The van der Waals surface area contributed by atoms with Crippen molar-refractivity contribution in [3.05, 3.63) is 48.5 Å². The summed E-state index contributed by atoms with van der Waals surface area (Å²) in [5, 5.41) is 13.1. The molecular formula is C21H24N4O3S2. The molecule has 0 aliphatic carbocycles. The second-order valence-corrected chi connectivity index (χ2v) is 9.90. The number of aromatic nitrogens is 2. The van der Waals surface area contributed by atoms with Gasteiger partial charge >= 0.3 is 0 Å². The van der Waals surface area contributed by atoms with Crippen LogP contribution >= 0.6 is 11.3 Å². The Bertz CT molecular complexity index is 1070. The van der Waals surface area contributed by atoms with Crippen LogP contribution in [0.4, 0.5) is 10.8 Å². The SMILES string of the molecule is CCOc1ccc(-c2nnc(Nc3ccc(S(=O)(=O)N4CCCCC4)cc3)s2)cc1. The van der Waals surface area contributed by atoms with E-state index in [4.69, 9.17) is 4.74 Å². The van der Waals surface area contributed by atoms with E-state index in [2.05, 4.69) is 15.5 Å². The predicted molar refractivity (Wildman–Crippen MR) is 119 cm³/mol. The van der Waals surface area contributed by atoms with E-state index in [1.54, 1.807) is 28.6 Å². The molecule has 1 aliphatic heterocycles. The van der Waals surface area contributed by atoms with Gasteiger partial charge in [-0.2, -0.15) is 4.31 Å². The number of hydrogen-bond donors (Lipinski definition) is 1. The van der Waals surface area contributed by atoms with Gasteiger partial charge in [-0.15, -0.1) is 10.2 Å². The number of anilines is 2. The molecule has 2 aromatic carbocycles. The zero-order valence-electron chi connectivity index (χ0n) is 16.7. The molecule has 158 valence electrons. The average Bonchev–Trinajstić information content (AvgIpc) is 3.24. The van der Waals surface area contributed by atoms with Gasteiger partial charge in [-0.05, 0) is 68.3 Å². The lowest BCUT2D eigenvalue weighted by Crippen LogP contribution is -2.35. The van der Waals surface area contributed by atoms with Crippen molar-refractivity contribution in [3.63, 3.8) is 0 Å². The van der Waals surface area contributed by atoms with Gasteiger partial charge < -0.3 is 10.1 Å². The minimum atomic E-state index is -3.42. The van der Waals surface area contributed by atoms with Crippen LogP contribution in [0.15, 0.2) is 53.4 Å². The Morgan fingerprint density at radius 2 is 1.70 bits per heavy atom. The molecule has 1 fully saturated rings. The van der Waals surface area contributed by atoms with Gasteiger partial charge in [0.25, 0.3) is 0 Å². The number of rotatable bonds is 7. The number of hydrogen-bond acceptors (Lipinski definition) is 7. The molecule has 3 aromatic rings. The molecule has 0 radical (unpaired) electrons. The molecule has 0 atom stereocenters. The molecule has 0 saturated carbocycles. The van der Waals surface area contributed by atoms with Crippen molar-refractivity contribution in [1.29, 1.82) is 0 Å². The van der Waals surface area contributed by atoms with Crippen LogP contribution in [-0.2, 0) is 10.0 Å². The van der Waals surface area contributed by atoms with E-state index < -0.39 is 10.0 Å². The maximum Gasteiger partial charge on any atom is 0.243 e. The Kier molecular flexibility index (Phi) is 6.31. The van der Waals surface area contributed by atoms with Crippen molar-refractivity contribution in [2.45, 2.75) is 31.1 Å². The highest BCUT2D eigenvalue weighted by Crippen LogP contribution is 2.30. The van der Waals surface area contributed by atoms with Crippen molar-refractivity contribution >= 4 is 32.2 Å². The molecule has 1 N–H and O–H groups in total. The Morgan fingerprint density at radius 3 is 2.37 bits per heavy atom.